The van der Waals surface area contributed by atoms with E-state index in [1.54, 1.807) is 6.20 Å². The van der Waals surface area contributed by atoms with Gasteiger partial charge in [0, 0.05) is 19.1 Å². The second-order valence-corrected chi connectivity index (χ2v) is 4.59. The van der Waals surface area contributed by atoms with Gasteiger partial charge >= 0.3 is 5.97 Å². The highest BCUT2D eigenvalue weighted by atomic mass is 16.5. The number of nitrogens with one attached hydrogen (secondary N) is 1. The minimum atomic E-state index is -0.454. The number of esters is 1. The van der Waals surface area contributed by atoms with Crippen LogP contribution in [0.3, 0.4) is 0 Å². The van der Waals surface area contributed by atoms with Gasteiger partial charge in [-0.2, -0.15) is 0 Å². The average Bonchev–Trinajstić information content (AvgIpc) is 2.97. The summed E-state index contributed by atoms with van der Waals surface area (Å²) in [5.74, 6) is 0.267. The van der Waals surface area contributed by atoms with Crippen molar-refractivity contribution in [1.29, 1.82) is 0 Å². The quantitative estimate of drug-likeness (QED) is 0.795. The van der Waals surface area contributed by atoms with Crippen molar-refractivity contribution in [3.8, 4) is 0 Å². The third kappa shape index (κ3) is 3.41. The molecule has 0 spiro atoms. The van der Waals surface area contributed by atoms with Crippen LogP contribution in [-0.2, 0) is 4.74 Å². The Bertz CT molecular complexity index is 432. The van der Waals surface area contributed by atoms with Crippen molar-refractivity contribution >= 4 is 11.8 Å². The van der Waals surface area contributed by atoms with E-state index in [1.165, 1.54) is 26.1 Å². The zero-order chi connectivity index (χ0) is 13.7. The number of hydrogen-bond donors (Lipinski definition) is 1. The summed E-state index contributed by atoms with van der Waals surface area (Å²) in [6.07, 6.45) is 5.51. The van der Waals surface area contributed by atoms with Gasteiger partial charge in [0.15, 0.2) is 5.69 Å². The van der Waals surface area contributed by atoms with E-state index in [2.05, 4.69) is 31.8 Å². The molecule has 6 nitrogen and oxygen atoms in total. The predicted molar refractivity (Wildman–Crippen MR) is 72.3 cm³/mol. The highest BCUT2D eigenvalue weighted by Crippen LogP contribution is 2.14. The lowest BCUT2D eigenvalue weighted by atomic mass is 10.2. The molecular formula is C13H20N4O2. The van der Waals surface area contributed by atoms with Crippen LogP contribution in [0.4, 0.5) is 5.82 Å². The normalized spacial score (nSPS) is 18.3. The number of anilines is 1. The second kappa shape index (κ2) is 6.47. The molecule has 1 saturated heterocycles. The minimum Gasteiger partial charge on any atom is -0.464 e. The molecular weight excluding hydrogens is 244 g/mol. The molecule has 0 aliphatic carbocycles. The Hall–Kier alpha value is -1.69. The summed E-state index contributed by atoms with van der Waals surface area (Å²) in [6.45, 7) is 4.87. The molecule has 2 rings (SSSR count). The molecule has 1 aromatic heterocycles. The predicted octanol–water partition coefficient (Wildman–Crippen LogP) is 0.841. The lowest BCUT2D eigenvalue weighted by Crippen LogP contribution is -2.38. The van der Waals surface area contributed by atoms with Crippen molar-refractivity contribution in [3.63, 3.8) is 0 Å². The van der Waals surface area contributed by atoms with Crippen molar-refractivity contribution in [2.24, 2.45) is 0 Å². The summed E-state index contributed by atoms with van der Waals surface area (Å²) in [6, 6.07) is 0.489. The van der Waals surface area contributed by atoms with Gasteiger partial charge in [-0.3, -0.25) is 4.98 Å². The zero-order valence-electron chi connectivity index (χ0n) is 11.4. The molecule has 0 saturated carbocycles. The number of ether oxygens (including phenoxy) is 1. The van der Waals surface area contributed by atoms with Gasteiger partial charge in [-0.1, -0.05) is 0 Å². The number of carbonyl (C=O) groups is 1. The smallest absolute Gasteiger partial charge is 0.358 e. The first-order valence-electron chi connectivity index (χ1n) is 6.63. The van der Waals surface area contributed by atoms with Crippen LogP contribution < -0.4 is 10.2 Å². The van der Waals surface area contributed by atoms with E-state index < -0.39 is 5.97 Å². The molecule has 6 heteroatoms. The van der Waals surface area contributed by atoms with Crippen molar-refractivity contribution in [1.82, 2.24) is 15.3 Å². The molecule has 0 radical (unpaired) electrons. The number of hydrogen-bond acceptors (Lipinski definition) is 6. The van der Waals surface area contributed by atoms with E-state index in [4.69, 9.17) is 0 Å². The van der Waals surface area contributed by atoms with E-state index in [9.17, 15) is 4.79 Å². The molecule has 1 aliphatic heterocycles. The van der Waals surface area contributed by atoms with Crippen LogP contribution in [0.1, 0.15) is 30.3 Å². The van der Waals surface area contributed by atoms with Crippen LogP contribution in [0, 0.1) is 0 Å². The molecule has 1 N–H and O–H groups in total. The van der Waals surface area contributed by atoms with Crippen LogP contribution in [0.5, 0.6) is 0 Å². The molecule has 1 unspecified atom stereocenters. The van der Waals surface area contributed by atoms with E-state index >= 15 is 0 Å². The fourth-order valence-corrected chi connectivity index (χ4v) is 2.27. The molecule has 104 valence electrons. The summed E-state index contributed by atoms with van der Waals surface area (Å²) in [5.41, 5.74) is 0.248. The van der Waals surface area contributed by atoms with Gasteiger partial charge in [0.05, 0.1) is 19.5 Å². The molecule has 19 heavy (non-hydrogen) atoms. The van der Waals surface area contributed by atoms with Crippen molar-refractivity contribution in [3.05, 3.63) is 18.1 Å². The molecule has 0 amide bonds. The molecule has 0 bridgehead atoms. The van der Waals surface area contributed by atoms with Gasteiger partial charge in [-0.15, -0.1) is 0 Å². The maximum absolute atomic E-state index is 11.5. The second-order valence-electron chi connectivity index (χ2n) is 4.59. The number of methoxy groups -OCH3 is 1. The first-order chi connectivity index (χ1) is 9.24. The van der Waals surface area contributed by atoms with Gasteiger partial charge in [-0.25, -0.2) is 9.78 Å². The van der Waals surface area contributed by atoms with E-state index in [-0.39, 0.29) is 5.69 Å². The number of aromatic nitrogens is 2. The van der Waals surface area contributed by atoms with Gasteiger partial charge in [0.25, 0.3) is 0 Å². The highest BCUT2D eigenvalue weighted by Gasteiger charge is 2.19. The maximum atomic E-state index is 11.5. The summed E-state index contributed by atoms with van der Waals surface area (Å²) in [7, 11) is 1.34. The third-order valence-corrected chi connectivity index (χ3v) is 3.33. The van der Waals surface area contributed by atoms with Crippen LogP contribution in [0.15, 0.2) is 12.4 Å². The average molecular weight is 264 g/mol. The van der Waals surface area contributed by atoms with Crippen LogP contribution >= 0.6 is 0 Å². The Morgan fingerprint density at radius 3 is 3.05 bits per heavy atom. The Morgan fingerprint density at radius 1 is 1.58 bits per heavy atom. The standard InChI is InChI=1S/C13H20N4O2/c1-3-17(9-10-5-4-6-15-10)12-8-14-7-11(16-12)13(18)19-2/h7-8,10,15H,3-6,9H2,1-2H3. The number of nitrogens with zero attached hydrogens (tertiary/aromatic N) is 3. The van der Waals surface area contributed by atoms with Crippen molar-refractivity contribution in [2.45, 2.75) is 25.8 Å². The van der Waals surface area contributed by atoms with Gasteiger partial charge in [-0.05, 0) is 26.3 Å². The molecule has 0 aromatic carbocycles. The Kier molecular flexibility index (Phi) is 4.68. The molecule has 1 aliphatic rings. The Balaban J connectivity index is 2.10. The van der Waals surface area contributed by atoms with E-state index in [1.807, 2.05) is 0 Å². The third-order valence-electron chi connectivity index (χ3n) is 3.33. The largest absolute Gasteiger partial charge is 0.464 e. The summed E-state index contributed by atoms with van der Waals surface area (Å²) in [4.78, 5) is 22.0. The number of rotatable bonds is 5. The van der Waals surface area contributed by atoms with Gasteiger partial charge in [0.1, 0.15) is 5.82 Å². The van der Waals surface area contributed by atoms with Gasteiger partial charge < -0.3 is 15.0 Å². The van der Waals surface area contributed by atoms with Crippen LogP contribution in [0.2, 0.25) is 0 Å². The number of carbonyl (C=O) groups excluding carboxylic acids is 1. The lowest BCUT2D eigenvalue weighted by Gasteiger charge is -2.25. The topological polar surface area (TPSA) is 67.4 Å². The monoisotopic (exact) mass is 264 g/mol. The SMILES string of the molecule is CCN(CC1CCCN1)c1cncc(C(=O)OC)n1. The summed E-state index contributed by atoms with van der Waals surface area (Å²) < 4.78 is 4.67. The van der Waals surface area contributed by atoms with Crippen LogP contribution in [0.25, 0.3) is 0 Å². The summed E-state index contributed by atoms with van der Waals surface area (Å²) >= 11 is 0. The van der Waals surface area contributed by atoms with Crippen LogP contribution in [-0.4, -0.2) is 48.7 Å². The number of likely N-dealkylation sites (N-methyl/N-ethyl adjacent to an activating group) is 1. The zero-order valence-corrected chi connectivity index (χ0v) is 11.4. The highest BCUT2D eigenvalue weighted by molar-refractivity contribution is 5.87. The maximum Gasteiger partial charge on any atom is 0.358 e. The van der Waals surface area contributed by atoms with Crippen molar-refractivity contribution in [2.75, 3.05) is 31.6 Å². The molecule has 1 fully saturated rings. The van der Waals surface area contributed by atoms with Crippen molar-refractivity contribution < 1.29 is 9.53 Å². The lowest BCUT2D eigenvalue weighted by molar-refractivity contribution is 0.0593. The fraction of sp³-hybridized carbons (Fsp3) is 0.615. The molecule has 2 heterocycles. The first-order valence-corrected chi connectivity index (χ1v) is 6.63. The Labute approximate surface area is 113 Å². The van der Waals surface area contributed by atoms with E-state index in [0.29, 0.717) is 6.04 Å². The molecule has 1 aromatic rings. The van der Waals surface area contributed by atoms with Gasteiger partial charge in [0.2, 0.25) is 0 Å². The van der Waals surface area contributed by atoms with E-state index in [0.717, 1.165) is 25.5 Å². The summed E-state index contributed by atoms with van der Waals surface area (Å²) in [5, 5.41) is 3.46. The first kappa shape index (κ1) is 13.7. The minimum absolute atomic E-state index is 0.248. The molecule has 1 atom stereocenters. The Morgan fingerprint density at radius 2 is 2.42 bits per heavy atom. The fourth-order valence-electron chi connectivity index (χ4n) is 2.27.